The largest absolute Gasteiger partial charge is 0.434 e. The zero-order valence-corrected chi connectivity index (χ0v) is 14.5. The van der Waals surface area contributed by atoms with Crippen molar-refractivity contribution in [3.05, 3.63) is 78.1 Å². The molecule has 2 aromatic carbocycles. The lowest BCUT2D eigenvalue weighted by molar-refractivity contribution is -0.143. The summed E-state index contributed by atoms with van der Waals surface area (Å²) in [5, 5.41) is 5.99. The van der Waals surface area contributed by atoms with Crippen molar-refractivity contribution in [1.29, 1.82) is 0 Å². The summed E-state index contributed by atoms with van der Waals surface area (Å²) in [5.74, 6) is -1.94. The molecule has 10 heteroatoms. The van der Waals surface area contributed by atoms with Gasteiger partial charge in [0.1, 0.15) is 11.5 Å². The van der Waals surface area contributed by atoms with Crippen molar-refractivity contribution < 1.29 is 22.4 Å². The summed E-state index contributed by atoms with van der Waals surface area (Å²) >= 11 is 0. The number of halogens is 4. The lowest BCUT2D eigenvalue weighted by Crippen LogP contribution is -2.21. The van der Waals surface area contributed by atoms with Gasteiger partial charge in [0, 0.05) is 18.1 Å². The first-order valence-electron chi connectivity index (χ1n) is 8.27. The molecule has 6 nitrogen and oxygen atoms in total. The van der Waals surface area contributed by atoms with Crippen molar-refractivity contribution >= 4 is 22.6 Å². The van der Waals surface area contributed by atoms with Crippen LogP contribution in [0.25, 0.3) is 16.7 Å². The number of carbonyl (C=O) groups is 1. The molecule has 0 unspecified atom stereocenters. The van der Waals surface area contributed by atoms with Gasteiger partial charge in [0.05, 0.1) is 22.8 Å². The predicted octanol–water partition coefficient (Wildman–Crippen LogP) is 4.23. The quantitative estimate of drug-likeness (QED) is 0.522. The number of carbonyl (C=O) groups excluding carboxylic acids is 1. The van der Waals surface area contributed by atoms with Gasteiger partial charge in [-0.05, 0) is 30.3 Å². The number of amides is 1. The number of alkyl halides is 3. The SMILES string of the molecule is O=C(Nc1ccc2nccnc2c1)c1cnn(-c2ccccc2F)c1C(F)(F)F. The Hall–Kier alpha value is -3.82. The first-order valence-corrected chi connectivity index (χ1v) is 8.27. The van der Waals surface area contributed by atoms with Crippen LogP contribution in [0.4, 0.5) is 23.2 Å². The van der Waals surface area contributed by atoms with E-state index in [2.05, 4.69) is 20.4 Å². The highest BCUT2D eigenvalue weighted by Gasteiger charge is 2.41. The summed E-state index contributed by atoms with van der Waals surface area (Å²) in [7, 11) is 0. The molecule has 2 aromatic heterocycles. The zero-order valence-electron chi connectivity index (χ0n) is 14.5. The molecule has 0 saturated heterocycles. The number of aromatic nitrogens is 4. The van der Waals surface area contributed by atoms with Crippen LogP contribution in [-0.4, -0.2) is 25.7 Å². The van der Waals surface area contributed by atoms with Crippen LogP contribution in [0.3, 0.4) is 0 Å². The van der Waals surface area contributed by atoms with Gasteiger partial charge in [-0.3, -0.25) is 14.8 Å². The Morgan fingerprint density at radius 3 is 2.45 bits per heavy atom. The number of nitrogens with zero attached hydrogens (tertiary/aromatic N) is 4. The average Bonchev–Trinajstić information content (AvgIpc) is 3.14. The molecule has 0 bridgehead atoms. The first kappa shape index (κ1) is 18.5. The molecule has 1 amide bonds. The van der Waals surface area contributed by atoms with Gasteiger partial charge in [0.2, 0.25) is 0 Å². The topological polar surface area (TPSA) is 72.7 Å². The second-order valence-corrected chi connectivity index (χ2v) is 5.98. The average molecular weight is 401 g/mol. The second kappa shape index (κ2) is 6.97. The number of hydrogen-bond donors (Lipinski definition) is 1. The van der Waals surface area contributed by atoms with Crippen LogP contribution in [0.15, 0.2) is 61.1 Å². The van der Waals surface area contributed by atoms with Crippen LogP contribution in [0.1, 0.15) is 16.1 Å². The number of rotatable bonds is 3. The monoisotopic (exact) mass is 401 g/mol. The predicted molar refractivity (Wildman–Crippen MR) is 96.0 cm³/mol. The van der Waals surface area contributed by atoms with E-state index in [-0.39, 0.29) is 5.69 Å². The molecule has 4 aromatic rings. The van der Waals surface area contributed by atoms with Crippen molar-refractivity contribution in [2.75, 3.05) is 5.32 Å². The Balaban J connectivity index is 1.74. The van der Waals surface area contributed by atoms with Crippen LogP contribution in [-0.2, 0) is 6.18 Å². The van der Waals surface area contributed by atoms with Crippen LogP contribution in [0.2, 0.25) is 0 Å². The highest BCUT2D eigenvalue weighted by atomic mass is 19.4. The summed E-state index contributed by atoms with van der Waals surface area (Å²) in [6, 6.07) is 9.40. The third-order valence-corrected chi connectivity index (χ3v) is 4.09. The fraction of sp³-hybridized carbons (Fsp3) is 0.0526. The molecule has 0 fully saturated rings. The highest BCUT2D eigenvalue weighted by molar-refractivity contribution is 6.05. The Morgan fingerprint density at radius 2 is 1.72 bits per heavy atom. The molecule has 0 saturated carbocycles. The van der Waals surface area contributed by atoms with Gasteiger partial charge < -0.3 is 5.32 Å². The number of hydrogen-bond acceptors (Lipinski definition) is 4. The summed E-state index contributed by atoms with van der Waals surface area (Å²) in [4.78, 5) is 20.7. The highest BCUT2D eigenvalue weighted by Crippen LogP contribution is 2.34. The van der Waals surface area contributed by atoms with Crippen molar-refractivity contribution in [3.8, 4) is 5.69 Å². The summed E-state index contributed by atoms with van der Waals surface area (Å²) in [6.07, 6.45) is -1.24. The molecule has 2 heterocycles. The van der Waals surface area contributed by atoms with Crippen molar-refractivity contribution in [3.63, 3.8) is 0 Å². The normalized spacial score (nSPS) is 11.6. The molecule has 29 heavy (non-hydrogen) atoms. The zero-order chi connectivity index (χ0) is 20.6. The van der Waals surface area contributed by atoms with E-state index < -0.39 is 34.8 Å². The van der Waals surface area contributed by atoms with Gasteiger partial charge in [0.25, 0.3) is 5.91 Å². The van der Waals surface area contributed by atoms with Gasteiger partial charge in [-0.1, -0.05) is 12.1 Å². The Labute approximate surface area is 160 Å². The van der Waals surface area contributed by atoms with Gasteiger partial charge in [-0.15, -0.1) is 0 Å². The molecule has 0 atom stereocenters. The molecule has 0 aliphatic carbocycles. The minimum Gasteiger partial charge on any atom is -0.322 e. The number of fused-ring (bicyclic) bond motifs is 1. The minimum atomic E-state index is -4.94. The van der Waals surface area contributed by atoms with Crippen LogP contribution in [0.5, 0.6) is 0 Å². The molecule has 4 rings (SSSR count). The number of nitrogens with one attached hydrogen (secondary N) is 1. The van der Waals surface area contributed by atoms with Gasteiger partial charge in [-0.25, -0.2) is 9.07 Å². The second-order valence-electron chi connectivity index (χ2n) is 5.98. The van der Waals surface area contributed by atoms with E-state index in [1.54, 1.807) is 6.07 Å². The molecule has 0 aliphatic heterocycles. The van der Waals surface area contributed by atoms with Gasteiger partial charge >= 0.3 is 6.18 Å². The third-order valence-electron chi connectivity index (χ3n) is 4.09. The smallest absolute Gasteiger partial charge is 0.322 e. The Morgan fingerprint density at radius 1 is 1.00 bits per heavy atom. The number of para-hydroxylation sites is 1. The van der Waals surface area contributed by atoms with Crippen molar-refractivity contribution in [1.82, 2.24) is 19.7 Å². The summed E-state index contributed by atoms with van der Waals surface area (Å²) < 4.78 is 55.4. The lowest BCUT2D eigenvalue weighted by Gasteiger charge is -2.13. The van der Waals surface area contributed by atoms with E-state index in [1.807, 2.05) is 0 Å². The molecule has 0 spiro atoms. The number of anilines is 1. The van der Waals surface area contributed by atoms with Crippen LogP contribution in [0, 0.1) is 5.82 Å². The molecular weight excluding hydrogens is 390 g/mol. The number of benzene rings is 2. The van der Waals surface area contributed by atoms with E-state index in [1.165, 1.54) is 36.7 Å². The van der Waals surface area contributed by atoms with Crippen molar-refractivity contribution in [2.45, 2.75) is 6.18 Å². The van der Waals surface area contributed by atoms with E-state index >= 15 is 0 Å². The Bertz CT molecular complexity index is 1220. The van der Waals surface area contributed by atoms with Gasteiger partial charge in [-0.2, -0.15) is 18.3 Å². The summed E-state index contributed by atoms with van der Waals surface area (Å²) in [6.45, 7) is 0. The molecule has 0 radical (unpaired) electrons. The van der Waals surface area contributed by atoms with E-state index in [4.69, 9.17) is 0 Å². The fourth-order valence-electron chi connectivity index (χ4n) is 2.83. The molecule has 1 N–H and O–H groups in total. The fourth-order valence-corrected chi connectivity index (χ4v) is 2.83. The summed E-state index contributed by atoms with van der Waals surface area (Å²) in [5.41, 5.74) is -1.27. The standard InChI is InChI=1S/C19H11F4N5O/c20-13-3-1-2-4-16(13)28-17(19(21,22)23)12(10-26-28)18(29)27-11-5-6-14-15(9-11)25-8-7-24-14/h1-10H,(H,27,29). The maximum absolute atomic E-state index is 14.0. The molecule has 146 valence electrons. The lowest BCUT2D eigenvalue weighted by atomic mass is 10.2. The van der Waals surface area contributed by atoms with Crippen LogP contribution >= 0.6 is 0 Å². The van der Waals surface area contributed by atoms with E-state index in [0.717, 1.165) is 18.3 Å². The first-order chi connectivity index (χ1) is 13.8. The third kappa shape index (κ3) is 3.51. The molecular formula is C19H11F4N5O. The minimum absolute atomic E-state index is 0.231. The van der Waals surface area contributed by atoms with Crippen molar-refractivity contribution in [2.24, 2.45) is 0 Å². The van der Waals surface area contributed by atoms with Gasteiger partial charge in [0.15, 0.2) is 5.69 Å². The maximum Gasteiger partial charge on any atom is 0.434 e. The van der Waals surface area contributed by atoms with E-state index in [9.17, 15) is 22.4 Å². The van der Waals surface area contributed by atoms with Crippen LogP contribution < -0.4 is 5.32 Å². The van der Waals surface area contributed by atoms with E-state index in [0.29, 0.717) is 15.7 Å². The Kier molecular flexibility index (Phi) is 4.45. The molecule has 0 aliphatic rings. The maximum atomic E-state index is 14.0.